The number of ether oxygens (including phenoxy) is 1. The number of nitrogens with one attached hydrogen (secondary N) is 1. The third-order valence-corrected chi connectivity index (χ3v) is 4.55. The minimum absolute atomic E-state index is 0.0225. The highest BCUT2D eigenvalue weighted by Crippen LogP contribution is 2.31. The van der Waals surface area contributed by atoms with E-state index in [0.29, 0.717) is 6.54 Å². The quantitative estimate of drug-likeness (QED) is 0.878. The van der Waals surface area contributed by atoms with Crippen LogP contribution in [-0.2, 0) is 0 Å². The number of nitrogens with two attached hydrogens (primary N) is 1. The van der Waals surface area contributed by atoms with Gasteiger partial charge in [0.2, 0.25) is 0 Å². The molecule has 1 aromatic rings. The van der Waals surface area contributed by atoms with Crippen LogP contribution >= 0.6 is 11.3 Å². The Balaban J connectivity index is 2.08. The molecule has 7 heteroatoms. The van der Waals surface area contributed by atoms with Crippen LogP contribution < -0.4 is 15.8 Å². The average Bonchev–Trinajstić information content (AvgIpc) is 2.95. The van der Waals surface area contributed by atoms with Gasteiger partial charge in [0.25, 0.3) is 5.91 Å². The van der Waals surface area contributed by atoms with Gasteiger partial charge in [-0.3, -0.25) is 4.79 Å². The molecule has 0 bridgehead atoms. The molecule has 2 rings (SSSR count). The lowest BCUT2D eigenvalue weighted by Crippen LogP contribution is -2.39. The molecule has 4 nitrogen and oxygen atoms in total. The van der Waals surface area contributed by atoms with E-state index in [1.807, 2.05) is 0 Å². The first kappa shape index (κ1) is 15.2. The van der Waals surface area contributed by atoms with Crippen molar-refractivity contribution < 1.29 is 18.3 Å². The maximum Gasteiger partial charge on any atom is 0.387 e. The van der Waals surface area contributed by atoms with Gasteiger partial charge in [0, 0.05) is 10.9 Å². The summed E-state index contributed by atoms with van der Waals surface area (Å²) < 4.78 is 29.1. The molecule has 0 spiro atoms. The number of halogens is 2. The van der Waals surface area contributed by atoms with Crippen LogP contribution in [0, 0.1) is 12.8 Å². The van der Waals surface area contributed by atoms with Gasteiger partial charge in [0.15, 0.2) is 0 Å². The Morgan fingerprint density at radius 3 is 3.00 bits per heavy atom. The van der Waals surface area contributed by atoms with Gasteiger partial charge in [-0.05, 0) is 38.3 Å². The third-order valence-electron chi connectivity index (χ3n) is 3.52. The smallest absolute Gasteiger partial charge is 0.387 e. The number of hydrogen-bond donors (Lipinski definition) is 2. The second-order valence-electron chi connectivity index (χ2n) is 4.94. The van der Waals surface area contributed by atoms with Crippen molar-refractivity contribution in [2.75, 3.05) is 6.54 Å². The van der Waals surface area contributed by atoms with Crippen LogP contribution in [0.25, 0.3) is 0 Å². The molecule has 1 amide bonds. The van der Waals surface area contributed by atoms with Crippen molar-refractivity contribution in [2.24, 2.45) is 11.7 Å². The number of carbonyl (C=O) groups is 1. The van der Waals surface area contributed by atoms with Gasteiger partial charge < -0.3 is 15.8 Å². The van der Waals surface area contributed by atoms with Crippen molar-refractivity contribution in [1.29, 1.82) is 0 Å². The summed E-state index contributed by atoms with van der Waals surface area (Å²) in [6, 6.07) is 1.48. The Bertz CT molecular complexity index is 479. The summed E-state index contributed by atoms with van der Waals surface area (Å²) in [6.45, 7) is -0.661. The molecule has 1 aromatic heterocycles. The van der Waals surface area contributed by atoms with Crippen LogP contribution in [0.4, 0.5) is 8.78 Å². The maximum absolute atomic E-state index is 12.3. The predicted octanol–water partition coefficient (Wildman–Crippen LogP) is 2.52. The van der Waals surface area contributed by atoms with Gasteiger partial charge in [-0.15, -0.1) is 11.3 Å². The highest BCUT2D eigenvalue weighted by Gasteiger charge is 2.29. The van der Waals surface area contributed by atoms with Crippen LogP contribution in [0.3, 0.4) is 0 Å². The molecule has 1 saturated carbocycles. The number of carbonyl (C=O) groups excluding carboxylic acids is 1. The standard InChI is InChI=1S/C13H18F2N2O2S/c1-7-5-10(19-13(14)15)11(20-7)12(18)17-9-4-2-3-8(9)6-16/h5,8-9,13H,2-4,6,16H2,1H3,(H,17,18). The van der Waals surface area contributed by atoms with E-state index in [9.17, 15) is 13.6 Å². The van der Waals surface area contributed by atoms with E-state index in [2.05, 4.69) is 10.1 Å². The van der Waals surface area contributed by atoms with E-state index in [4.69, 9.17) is 5.73 Å². The summed E-state index contributed by atoms with van der Waals surface area (Å²) >= 11 is 1.16. The minimum Gasteiger partial charge on any atom is -0.433 e. The second-order valence-corrected chi connectivity index (χ2v) is 6.19. The predicted molar refractivity (Wildman–Crippen MR) is 73.3 cm³/mol. The van der Waals surface area contributed by atoms with E-state index in [-0.39, 0.29) is 28.5 Å². The monoisotopic (exact) mass is 304 g/mol. The summed E-state index contributed by atoms with van der Waals surface area (Å²) in [4.78, 5) is 13.2. The first-order valence-corrected chi connectivity index (χ1v) is 7.39. The molecular weight excluding hydrogens is 286 g/mol. The SMILES string of the molecule is Cc1cc(OC(F)F)c(C(=O)NC2CCCC2CN)s1. The highest BCUT2D eigenvalue weighted by molar-refractivity contribution is 7.14. The molecule has 1 aliphatic carbocycles. The molecule has 0 radical (unpaired) electrons. The zero-order valence-corrected chi connectivity index (χ0v) is 12.0. The Kier molecular flexibility index (Phi) is 4.93. The first-order chi connectivity index (χ1) is 9.51. The van der Waals surface area contributed by atoms with Crippen LogP contribution in [0.5, 0.6) is 5.75 Å². The Hall–Kier alpha value is -1.21. The maximum atomic E-state index is 12.3. The van der Waals surface area contributed by atoms with E-state index < -0.39 is 6.61 Å². The number of aryl methyl sites for hydroxylation is 1. The summed E-state index contributed by atoms with van der Waals surface area (Å²) in [5, 5.41) is 2.89. The fourth-order valence-electron chi connectivity index (χ4n) is 2.58. The number of rotatable bonds is 5. The molecule has 2 atom stereocenters. The molecule has 1 aliphatic rings. The molecular formula is C13H18F2N2O2S. The Morgan fingerprint density at radius 2 is 2.35 bits per heavy atom. The van der Waals surface area contributed by atoms with Gasteiger partial charge in [0.05, 0.1) is 0 Å². The molecule has 0 saturated heterocycles. The summed E-state index contributed by atoms with van der Waals surface area (Å²) in [7, 11) is 0. The Labute approximate surface area is 120 Å². The molecule has 112 valence electrons. The van der Waals surface area contributed by atoms with Crippen LogP contribution in [-0.4, -0.2) is 25.1 Å². The molecule has 1 fully saturated rings. The van der Waals surface area contributed by atoms with Gasteiger partial charge >= 0.3 is 6.61 Å². The van der Waals surface area contributed by atoms with Crippen molar-refractivity contribution in [2.45, 2.75) is 38.8 Å². The summed E-state index contributed by atoms with van der Waals surface area (Å²) in [6.07, 6.45) is 2.89. The number of thiophene rings is 1. The van der Waals surface area contributed by atoms with Crippen LogP contribution in [0.2, 0.25) is 0 Å². The van der Waals surface area contributed by atoms with Crippen molar-refractivity contribution >= 4 is 17.2 Å². The fraction of sp³-hybridized carbons (Fsp3) is 0.615. The molecule has 2 unspecified atom stereocenters. The minimum atomic E-state index is -2.93. The van der Waals surface area contributed by atoms with Crippen LogP contribution in [0.1, 0.15) is 33.8 Å². The molecule has 0 aliphatic heterocycles. The molecule has 0 aromatic carbocycles. The van der Waals surface area contributed by atoms with Gasteiger partial charge in [-0.1, -0.05) is 6.42 Å². The van der Waals surface area contributed by atoms with Crippen LogP contribution in [0.15, 0.2) is 6.07 Å². The van der Waals surface area contributed by atoms with Crippen molar-refractivity contribution in [1.82, 2.24) is 5.32 Å². The van der Waals surface area contributed by atoms with Crippen molar-refractivity contribution in [3.05, 3.63) is 15.8 Å². The largest absolute Gasteiger partial charge is 0.433 e. The Morgan fingerprint density at radius 1 is 1.60 bits per heavy atom. The normalized spacial score (nSPS) is 22.2. The summed E-state index contributed by atoms with van der Waals surface area (Å²) in [5.74, 6) is -0.147. The number of hydrogen-bond acceptors (Lipinski definition) is 4. The fourth-order valence-corrected chi connectivity index (χ4v) is 3.42. The lowest BCUT2D eigenvalue weighted by Gasteiger charge is -2.19. The highest BCUT2D eigenvalue weighted by atomic mass is 32.1. The number of amides is 1. The van der Waals surface area contributed by atoms with Gasteiger partial charge in [-0.25, -0.2) is 0 Å². The van der Waals surface area contributed by atoms with E-state index in [1.165, 1.54) is 6.07 Å². The number of alkyl halides is 2. The topological polar surface area (TPSA) is 64.3 Å². The average molecular weight is 304 g/mol. The third kappa shape index (κ3) is 3.46. The zero-order chi connectivity index (χ0) is 14.7. The molecule has 20 heavy (non-hydrogen) atoms. The van der Waals surface area contributed by atoms with E-state index >= 15 is 0 Å². The molecule has 3 N–H and O–H groups in total. The van der Waals surface area contributed by atoms with Crippen molar-refractivity contribution in [3.8, 4) is 5.75 Å². The van der Waals surface area contributed by atoms with E-state index in [0.717, 1.165) is 35.5 Å². The van der Waals surface area contributed by atoms with E-state index in [1.54, 1.807) is 6.92 Å². The lowest BCUT2D eigenvalue weighted by molar-refractivity contribution is -0.0498. The van der Waals surface area contributed by atoms with Gasteiger partial charge in [0.1, 0.15) is 10.6 Å². The van der Waals surface area contributed by atoms with Gasteiger partial charge in [-0.2, -0.15) is 8.78 Å². The second kappa shape index (κ2) is 6.49. The zero-order valence-electron chi connectivity index (χ0n) is 11.2. The van der Waals surface area contributed by atoms with Crippen molar-refractivity contribution in [3.63, 3.8) is 0 Å². The summed E-state index contributed by atoms with van der Waals surface area (Å²) in [5.41, 5.74) is 5.67. The lowest BCUT2D eigenvalue weighted by atomic mass is 10.0. The first-order valence-electron chi connectivity index (χ1n) is 6.57. The molecule has 1 heterocycles.